The Bertz CT molecular complexity index is 1100. The van der Waals surface area contributed by atoms with E-state index in [4.69, 9.17) is 11.6 Å². The molecular formula is C22H24BrClN4O2. The summed E-state index contributed by atoms with van der Waals surface area (Å²) in [5.41, 5.74) is 2.36. The second-order valence-electron chi connectivity index (χ2n) is 7.87. The van der Waals surface area contributed by atoms with Crippen LogP contribution < -0.4 is 11.0 Å². The van der Waals surface area contributed by atoms with Crippen molar-refractivity contribution in [3.8, 4) is 0 Å². The van der Waals surface area contributed by atoms with Crippen LogP contribution in [0.4, 0.5) is 0 Å². The number of piperidine rings is 1. The third kappa shape index (κ3) is 4.63. The van der Waals surface area contributed by atoms with Gasteiger partial charge in [-0.3, -0.25) is 9.36 Å². The lowest BCUT2D eigenvalue weighted by Crippen LogP contribution is -2.45. The van der Waals surface area contributed by atoms with Gasteiger partial charge in [0, 0.05) is 46.8 Å². The lowest BCUT2D eigenvalue weighted by Gasteiger charge is -2.34. The van der Waals surface area contributed by atoms with E-state index in [0.717, 1.165) is 48.0 Å². The minimum atomic E-state index is -0.0921. The number of nitrogens with one attached hydrogen (secondary N) is 2. The maximum Gasteiger partial charge on any atom is 0.326 e. The quantitative estimate of drug-likeness (QED) is 0.562. The molecule has 30 heavy (non-hydrogen) atoms. The van der Waals surface area contributed by atoms with Gasteiger partial charge in [-0.05, 0) is 62.2 Å². The van der Waals surface area contributed by atoms with E-state index in [9.17, 15) is 9.59 Å². The molecule has 4 rings (SSSR count). The van der Waals surface area contributed by atoms with E-state index in [1.807, 2.05) is 29.7 Å². The number of imidazole rings is 1. The zero-order chi connectivity index (χ0) is 21.3. The fourth-order valence-electron chi connectivity index (χ4n) is 4.17. The maximum absolute atomic E-state index is 12.5. The molecule has 158 valence electrons. The van der Waals surface area contributed by atoms with E-state index in [-0.39, 0.29) is 23.7 Å². The standard InChI is InChI=1S/C22H24BrClN4O2/c1-14(25-21(29)15-2-5-17(24)6-3-15)13-27-10-8-18(9-11-27)28-20-7-4-16(23)12-19(20)26-22(28)30/h2-7,12,14,18H,8-11,13H2,1H3,(H,25,29)(H,26,30). The zero-order valence-electron chi connectivity index (χ0n) is 16.7. The van der Waals surface area contributed by atoms with E-state index in [1.165, 1.54) is 0 Å². The normalized spacial score (nSPS) is 16.6. The Labute approximate surface area is 188 Å². The highest BCUT2D eigenvalue weighted by atomic mass is 79.9. The molecule has 1 fully saturated rings. The molecule has 1 amide bonds. The first-order valence-electron chi connectivity index (χ1n) is 10.1. The Hall–Kier alpha value is -2.09. The molecule has 0 aliphatic carbocycles. The van der Waals surface area contributed by atoms with Crippen LogP contribution in [0.3, 0.4) is 0 Å². The van der Waals surface area contributed by atoms with Crippen molar-refractivity contribution in [3.05, 3.63) is 68.0 Å². The Morgan fingerprint density at radius 3 is 2.63 bits per heavy atom. The molecule has 2 heterocycles. The SMILES string of the molecule is CC(CN1CCC(n2c(=O)[nH]c3cc(Br)ccc32)CC1)NC(=O)c1ccc(Cl)cc1. The first-order valence-corrected chi connectivity index (χ1v) is 11.3. The van der Waals surface area contributed by atoms with Crippen molar-refractivity contribution < 1.29 is 4.79 Å². The van der Waals surface area contributed by atoms with Gasteiger partial charge in [0.25, 0.3) is 5.91 Å². The number of halogens is 2. The van der Waals surface area contributed by atoms with Crippen LogP contribution in [-0.2, 0) is 0 Å². The molecule has 0 saturated carbocycles. The predicted octanol–water partition coefficient (Wildman–Crippen LogP) is 4.20. The van der Waals surface area contributed by atoms with Crippen LogP contribution in [0.25, 0.3) is 11.0 Å². The molecule has 0 spiro atoms. The average molecular weight is 492 g/mol. The maximum atomic E-state index is 12.5. The van der Waals surface area contributed by atoms with Gasteiger partial charge in [0.05, 0.1) is 11.0 Å². The number of H-pyrrole nitrogens is 1. The van der Waals surface area contributed by atoms with Crippen LogP contribution >= 0.6 is 27.5 Å². The summed E-state index contributed by atoms with van der Waals surface area (Å²) < 4.78 is 2.85. The van der Waals surface area contributed by atoms with Gasteiger partial charge in [-0.2, -0.15) is 0 Å². The summed E-state index contributed by atoms with van der Waals surface area (Å²) >= 11 is 9.34. The molecule has 3 aromatic rings. The minimum absolute atomic E-state index is 0.0258. The summed E-state index contributed by atoms with van der Waals surface area (Å²) in [6.07, 6.45) is 1.81. The molecule has 1 aromatic heterocycles. The largest absolute Gasteiger partial charge is 0.348 e. The molecule has 6 nitrogen and oxygen atoms in total. The fourth-order valence-corrected chi connectivity index (χ4v) is 4.65. The van der Waals surface area contributed by atoms with Crippen molar-refractivity contribution in [1.29, 1.82) is 0 Å². The topological polar surface area (TPSA) is 70.1 Å². The first kappa shape index (κ1) is 21.2. The molecule has 0 bridgehead atoms. The highest BCUT2D eigenvalue weighted by Gasteiger charge is 2.24. The van der Waals surface area contributed by atoms with Crippen LogP contribution in [0, 0.1) is 0 Å². The smallest absolute Gasteiger partial charge is 0.326 e. The second kappa shape index (κ2) is 8.96. The Balaban J connectivity index is 1.34. The highest BCUT2D eigenvalue weighted by Crippen LogP contribution is 2.26. The van der Waals surface area contributed by atoms with Gasteiger partial charge in [-0.15, -0.1) is 0 Å². The summed E-state index contributed by atoms with van der Waals surface area (Å²) in [6, 6.07) is 13.0. The summed E-state index contributed by atoms with van der Waals surface area (Å²) in [6.45, 7) is 4.58. The van der Waals surface area contributed by atoms with Crippen LogP contribution in [0.15, 0.2) is 51.7 Å². The molecule has 1 saturated heterocycles. The molecule has 1 aliphatic rings. The van der Waals surface area contributed by atoms with E-state index >= 15 is 0 Å². The highest BCUT2D eigenvalue weighted by molar-refractivity contribution is 9.10. The fraction of sp³-hybridized carbons (Fsp3) is 0.364. The van der Waals surface area contributed by atoms with Gasteiger partial charge in [0.15, 0.2) is 0 Å². The second-order valence-corrected chi connectivity index (χ2v) is 9.23. The predicted molar refractivity (Wildman–Crippen MR) is 123 cm³/mol. The van der Waals surface area contributed by atoms with Crippen LogP contribution in [0.1, 0.15) is 36.2 Å². The number of aromatic nitrogens is 2. The van der Waals surface area contributed by atoms with E-state index < -0.39 is 0 Å². The number of carbonyl (C=O) groups is 1. The number of likely N-dealkylation sites (tertiary alicyclic amines) is 1. The van der Waals surface area contributed by atoms with Crippen molar-refractivity contribution >= 4 is 44.5 Å². The van der Waals surface area contributed by atoms with E-state index in [2.05, 4.69) is 31.1 Å². The number of hydrogen-bond acceptors (Lipinski definition) is 3. The molecular weight excluding hydrogens is 468 g/mol. The number of aromatic amines is 1. The van der Waals surface area contributed by atoms with E-state index in [0.29, 0.717) is 10.6 Å². The molecule has 0 radical (unpaired) electrons. The number of nitrogens with zero attached hydrogens (tertiary/aromatic N) is 2. The number of rotatable bonds is 5. The molecule has 2 aromatic carbocycles. The number of carbonyl (C=O) groups excluding carboxylic acids is 1. The van der Waals surface area contributed by atoms with Crippen molar-refractivity contribution in [2.24, 2.45) is 0 Å². The molecule has 1 atom stereocenters. The average Bonchev–Trinajstić information content (AvgIpc) is 3.03. The van der Waals surface area contributed by atoms with E-state index in [1.54, 1.807) is 24.3 Å². The Morgan fingerprint density at radius 1 is 1.23 bits per heavy atom. The third-order valence-corrected chi connectivity index (χ3v) is 6.36. The van der Waals surface area contributed by atoms with Gasteiger partial charge < -0.3 is 15.2 Å². The van der Waals surface area contributed by atoms with Gasteiger partial charge in [-0.25, -0.2) is 4.79 Å². The van der Waals surface area contributed by atoms with Crippen molar-refractivity contribution in [3.63, 3.8) is 0 Å². The number of amides is 1. The molecule has 2 N–H and O–H groups in total. The number of benzene rings is 2. The third-order valence-electron chi connectivity index (χ3n) is 5.62. The van der Waals surface area contributed by atoms with Gasteiger partial charge in [-0.1, -0.05) is 27.5 Å². The van der Waals surface area contributed by atoms with Gasteiger partial charge in [0.1, 0.15) is 0 Å². The monoisotopic (exact) mass is 490 g/mol. The van der Waals surface area contributed by atoms with Crippen LogP contribution in [0.2, 0.25) is 5.02 Å². The zero-order valence-corrected chi connectivity index (χ0v) is 19.0. The lowest BCUT2D eigenvalue weighted by atomic mass is 10.0. The van der Waals surface area contributed by atoms with Crippen LogP contribution in [-0.4, -0.2) is 46.0 Å². The summed E-state index contributed by atoms with van der Waals surface area (Å²) in [5.74, 6) is -0.0921. The minimum Gasteiger partial charge on any atom is -0.348 e. The van der Waals surface area contributed by atoms with Crippen molar-refractivity contribution in [2.75, 3.05) is 19.6 Å². The molecule has 1 aliphatic heterocycles. The number of fused-ring (bicyclic) bond motifs is 1. The summed E-state index contributed by atoms with van der Waals surface area (Å²) in [7, 11) is 0. The van der Waals surface area contributed by atoms with Crippen molar-refractivity contribution in [1.82, 2.24) is 19.8 Å². The van der Waals surface area contributed by atoms with Gasteiger partial charge in [0.2, 0.25) is 0 Å². The Kier molecular flexibility index (Phi) is 6.32. The summed E-state index contributed by atoms with van der Waals surface area (Å²) in [5, 5.41) is 3.67. The number of hydrogen-bond donors (Lipinski definition) is 2. The Morgan fingerprint density at radius 2 is 1.93 bits per heavy atom. The van der Waals surface area contributed by atoms with Gasteiger partial charge >= 0.3 is 5.69 Å². The lowest BCUT2D eigenvalue weighted by molar-refractivity contribution is 0.0921. The van der Waals surface area contributed by atoms with Crippen LogP contribution in [0.5, 0.6) is 0 Å². The molecule has 8 heteroatoms. The summed E-state index contributed by atoms with van der Waals surface area (Å²) in [4.78, 5) is 30.2. The van der Waals surface area contributed by atoms with Crippen molar-refractivity contribution in [2.45, 2.75) is 31.8 Å². The first-order chi connectivity index (χ1) is 14.4. The molecule has 1 unspecified atom stereocenters.